The zero-order valence-corrected chi connectivity index (χ0v) is 12.8. The van der Waals surface area contributed by atoms with Crippen LogP contribution in [0.15, 0.2) is 0 Å². The normalized spacial score (nSPS) is 16.9. The van der Waals surface area contributed by atoms with E-state index in [-0.39, 0.29) is 6.03 Å². The van der Waals surface area contributed by atoms with Crippen LogP contribution in [-0.4, -0.2) is 80.6 Å². The molecule has 0 aliphatic carbocycles. The van der Waals surface area contributed by atoms with Crippen LogP contribution in [-0.2, 0) is 0 Å². The summed E-state index contributed by atoms with van der Waals surface area (Å²) in [6.45, 7) is 8.95. The van der Waals surface area contributed by atoms with Crippen molar-refractivity contribution in [3.63, 3.8) is 0 Å². The van der Waals surface area contributed by atoms with Crippen LogP contribution in [0.3, 0.4) is 0 Å². The van der Waals surface area contributed by atoms with E-state index in [1.807, 2.05) is 4.90 Å². The van der Waals surface area contributed by atoms with Gasteiger partial charge in [0.1, 0.15) is 0 Å². The minimum absolute atomic E-state index is 0.105. The number of nitrogens with zero attached hydrogens (tertiary/aromatic N) is 3. The number of unbranched alkanes of at least 4 members (excludes halogenated alkanes) is 1. The second-order valence-electron chi connectivity index (χ2n) is 5.57. The molecule has 1 aliphatic rings. The smallest absolute Gasteiger partial charge is 0.317 e. The molecule has 0 atom stereocenters. The van der Waals surface area contributed by atoms with E-state index in [4.69, 9.17) is 0 Å². The van der Waals surface area contributed by atoms with Crippen molar-refractivity contribution >= 4 is 6.03 Å². The third kappa shape index (κ3) is 6.78. The first-order valence-corrected chi connectivity index (χ1v) is 7.53. The van der Waals surface area contributed by atoms with E-state index in [1.165, 1.54) is 19.4 Å². The molecule has 0 aromatic rings. The average molecular weight is 270 g/mol. The highest BCUT2D eigenvalue weighted by atomic mass is 16.2. The molecule has 1 heterocycles. The van der Waals surface area contributed by atoms with Crippen LogP contribution in [0.4, 0.5) is 4.79 Å². The second-order valence-corrected chi connectivity index (χ2v) is 5.57. The van der Waals surface area contributed by atoms with Gasteiger partial charge in [0.25, 0.3) is 0 Å². The second kappa shape index (κ2) is 9.15. The largest absolute Gasteiger partial charge is 0.338 e. The molecule has 0 aromatic heterocycles. The third-order valence-electron chi connectivity index (χ3n) is 3.55. The van der Waals surface area contributed by atoms with Crippen molar-refractivity contribution in [1.29, 1.82) is 0 Å². The zero-order valence-electron chi connectivity index (χ0n) is 12.8. The van der Waals surface area contributed by atoms with Crippen LogP contribution in [0.25, 0.3) is 0 Å². The van der Waals surface area contributed by atoms with Crippen LogP contribution in [0.2, 0.25) is 0 Å². The lowest BCUT2D eigenvalue weighted by Gasteiger charge is -2.34. The number of carbonyl (C=O) groups is 1. The Morgan fingerprint density at radius 3 is 2.42 bits per heavy atom. The van der Waals surface area contributed by atoms with Gasteiger partial charge in [0.15, 0.2) is 0 Å². The Labute approximate surface area is 117 Å². The molecule has 19 heavy (non-hydrogen) atoms. The predicted molar refractivity (Wildman–Crippen MR) is 79.5 cm³/mol. The molecule has 0 aromatic carbocycles. The Balaban J connectivity index is 2.11. The van der Waals surface area contributed by atoms with Gasteiger partial charge in [-0.15, -0.1) is 0 Å². The molecule has 2 amide bonds. The number of rotatable bonds is 7. The maximum atomic E-state index is 11.9. The van der Waals surface area contributed by atoms with E-state index in [0.717, 1.165) is 45.7 Å². The lowest BCUT2D eigenvalue weighted by atomic mass is 10.2. The number of hydrogen-bond donors (Lipinski definition) is 1. The maximum Gasteiger partial charge on any atom is 0.317 e. The van der Waals surface area contributed by atoms with Gasteiger partial charge in [-0.1, -0.05) is 13.3 Å². The molecule has 1 aliphatic heterocycles. The Morgan fingerprint density at radius 1 is 1.16 bits per heavy atom. The molecule has 1 rings (SSSR count). The lowest BCUT2D eigenvalue weighted by molar-refractivity contribution is 0.138. The van der Waals surface area contributed by atoms with Gasteiger partial charge in [-0.25, -0.2) is 4.79 Å². The van der Waals surface area contributed by atoms with Gasteiger partial charge < -0.3 is 15.1 Å². The van der Waals surface area contributed by atoms with Gasteiger partial charge in [-0.3, -0.25) is 4.90 Å². The molecule has 1 fully saturated rings. The molecular formula is C14H30N4O. The third-order valence-corrected chi connectivity index (χ3v) is 3.55. The summed E-state index contributed by atoms with van der Waals surface area (Å²) >= 11 is 0. The maximum absolute atomic E-state index is 11.9. The molecular weight excluding hydrogens is 240 g/mol. The summed E-state index contributed by atoms with van der Waals surface area (Å²) in [6, 6.07) is 0.105. The van der Waals surface area contributed by atoms with Crippen molar-refractivity contribution in [2.45, 2.75) is 26.2 Å². The predicted octanol–water partition coefficient (Wildman–Crippen LogP) is 1.07. The van der Waals surface area contributed by atoms with E-state index in [2.05, 4.69) is 36.1 Å². The highest BCUT2D eigenvalue weighted by Gasteiger charge is 2.19. The summed E-state index contributed by atoms with van der Waals surface area (Å²) < 4.78 is 0. The van der Waals surface area contributed by atoms with Crippen molar-refractivity contribution in [3.05, 3.63) is 0 Å². The summed E-state index contributed by atoms with van der Waals surface area (Å²) in [5, 5.41) is 3.01. The number of urea groups is 1. The molecule has 1 saturated heterocycles. The van der Waals surface area contributed by atoms with Crippen molar-refractivity contribution in [2.75, 3.05) is 59.9 Å². The molecule has 0 bridgehead atoms. The van der Waals surface area contributed by atoms with E-state index in [9.17, 15) is 4.79 Å². The summed E-state index contributed by atoms with van der Waals surface area (Å²) in [6.07, 6.45) is 3.51. The van der Waals surface area contributed by atoms with Gasteiger partial charge in [0, 0.05) is 32.7 Å². The van der Waals surface area contributed by atoms with Crippen molar-refractivity contribution in [1.82, 2.24) is 20.0 Å². The first-order valence-electron chi connectivity index (χ1n) is 7.53. The van der Waals surface area contributed by atoms with Crippen LogP contribution in [0.1, 0.15) is 26.2 Å². The molecule has 1 N–H and O–H groups in total. The number of hydrogen-bond acceptors (Lipinski definition) is 3. The fourth-order valence-electron chi connectivity index (χ4n) is 2.26. The molecule has 0 saturated carbocycles. The SMILES string of the molecule is CCCCN1CCN(C(=O)NCCCN(C)C)CC1. The number of carbonyl (C=O) groups excluding carboxylic acids is 1. The van der Waals surface area contributed by atoms with Gasteiger partial charge in [0.2, 0.25) is 0 Å². The fraction of sp³-hybridized carbons (Fsp3) is 0.929. The molecule has 0 unspecified atom stereocenters. The molecule has 5 heteroatoms. The minimum atomic E-state index is 0.105. The molecule has 0 spiro atoms. The van der Waals surface area contributed by atoms with E-state index < -0.39 is 0 Å². The lowest BCUT2D eigenvalue weighted by Crippen LogP contribution is -2.52. The monoisotopic (exact) mass is 270 g/mol. The van der Waals surface area contributed by atoms with Gasteiger partial charge in [0.05, 0.1) is 0 Å². The van der Waals surface area contributed by atoms with Crippen molar-refractivity contribution in [3.8, 4) is 0 Å². The van der Waals surface area contributed by atoms with Gasteiger partial charge >= 0.3 is 6.03 Å². The van der Waals surface area contributed by atoms with E-state index >= 15 is 0 Å². The topological polar surface area (TPSA) is 38.8 Å². The summed E-state index contributed by atoms with van der Waals surface area (Å²) in [5.74, 6) is 0. The molecule has 0 radical (unpaired) electrons. The van der Waals surface area contributed by atoms with Crippen LogP contribution in [0, 0.1) is 0 Å². The van der Waals surface area contributed by atoms with E-state index in [0.29, 0.717) is 0 Å². The van der Waals surface area contributed by atoms with Crippen molar-refractivity contribution < 1.29 is 4.79 Å². The summed E-state index contributed by atoms with van der Waals surface area (Å²) in [5.41, 5.74) is 0. The highest BCUT2D eigenvalue weighted by Crippen LogP contribution is 2.03. The molecule has 5 nitrogen and oxygen atoms in total. The average Bonchev–Trinajstić information content (AvgIpc) is 2.41. The van der Waals surface area contributed by atoms with Gasteiger partial charge in [-0.2, -0.15) is 0 Å². The fourth-order valence-corrected chi connectivity index (χ4v) is 2.26. The number of nitrogens with one attached hydrogen (secondary N) is 1. The first-order chi connectivity index (χ1) is 9.13. The quantitative estimate of drug-likeness (QED) is 0.703. The summed E-state index contributed by atoms with van der Waals surface area (Å²) in [4.78, 5) is 18.5. The summed E-state index contributed by atoms with van der Waals surface area (Å²) in [7, 11) is 4.11. The standard InChI is InChI=1S/C14H30N4O/c1-4-5-9-17-10-12-18(13-11-17)14(19)15-7-6-8-16(2)3/h4-13H2,1-3H3,(H,15,19). The van der Waals surface area contributed by atoms with Crippen LogP contribution in [0.5, 0.6) is 0 Å². The van der Waals surface area contributed by atoms with Crippen molar-refractivity contribution in [2.24, 2.45) is 0 Å². The minimum Gasteiger partial charge on any atom is -0.338 e. The molecule has 112 valence electrons. The van der Waals surface area contributed by atoms with Gasteiger partial charge in [-0.05, 0) is 40.0 Å². The number of amides is 2. The van der Waals surface area contributed by atoms with Crippen LogP contribution >= 0.6 is 0 Å². The Hall–Kier alpha value is -0.810. The Kier molecular flexibility index (Phi) is 7.82. The first kappa shape index (κ1) is 16.2. The highest BCUT2D eigenvalue weighted by molar-refractivity contribution is 5.74. The van der Waals surface area contributed by atoms with Crippen LogP contribution < -0.4 is 5.32 Å². The number of piperazine rings is 1. The van der Waals surface area contributed by atoms with E-state index in [1.54, 1.807) is 0 Å². The Bertz CT molecular complexity index is 250. The Morgan fingerprint density at radius 2 is 1.84 bits per heavy atom. The zero-order chi connectivity index (χ0) is 14.1.